The molecular weight excluding hydrogens is 612 g/mol. The van der Waals surface area contributed by atoms with Crippen LogP contribution in [0.15, 0.2) is 115 Å². The van der Waals surface area contributed by atoms with Crippen LogP contribution in [0.3, 0.4) is 0 Å². The SMILES string of the molecule is CCCCC#Cc1ccccc1C(=O)OC1O[C@H](COC(=O)c2ccccc2)[C@@H](OC(=O)c2ccccc2)[C@H]1OC(=O)c1ccccc1. The highest BCUT2D eigenvalue weighted by molar-refractivity contribution is 5.93. The molecule has 4 aromatic rings. The van der Waals surface area contributed by atoms with E-state index in [-0.39, 0.29) is 16.7 Å². The second-order valence-electron chi connectivity index (χ2n) is 10.8. The van der Waals surface area contributed by atoms with E-state index in [9.17, 15) is 19.2 Å². The number of benzene rings is 4. The fourth-order valence-electron chi connectivity index (χ4n) is 4.90. The summed E-state index contributed by atoms with van der Waals surface area (Å²) in [7, 11) is 0. The lowest BCUT2D eigenvalue weighted by atomic mass is 10.1. The van der Waals surface area contributed by atoms with Crippen LogP contribution >= 0.6 is 0 Å². The highest BCUT2D eigenvalue weighted by Gasteiger charge is 2.52. The number of hydrogen-bond donors (Lipinski definition) is 0. The van der Waals surface area contributed by atoms with E-state index in [4.69, 9.17) is 23.7 Å². The van der Waals surface area contributed by atoms with E-state index in [1.165, 1.54) is 0 Å². The summed E-state index contributed by atoms with van der Waals surface area (Å²) >= 11 is 0. The number of hydrogen-bond acceptors (Lipinski definition) is 9. The van der Waals surface area contributed by atoms with Gasteiger partial charge in [-0.15, -0.1) is 0 Å². The normalized spacial score (nSPS) is 18.1. The van der Waals surface area contributed by atoms with Crippen molar-refractivity contribution < 1.29 is 42.9 Å². The Morgan fingerprint density at radius 2 is 1.15 bits per heavy atom. The molecule has 9 heteroatoms. The Kier molecular flexibility index (Phi) is 11.7. The van der Waals surface area contributed by atoms with E-state index in [0.717, 1.165) is 12.8 Å². The van der Waals surface area contributed by atoms with E-state index in [1.807, 2.05) is 0 Å². The summed E-state index contributed by atoms with van der Waals surface area (Å²) in [5.41, 5.74) is 1.36. The monoisotopic (exact) mass is 646 g/mol. The van der Waals surface area contributed by atoms with Crippen molar-refractivity contribution in [2.24, 2.45) is 0 Å². The fraction of sp³-hybridized carbons (Fsp3) is 0.231. The topological polar surface area (TPSA) is 114 Å². The Morgan fingerprint density at radius 1 is 0.625 bits per heavy atom. The molecule has 0 saturated carbocycles. The largest absolute Gasteiger partial charge is 0.459 e. The van der Waals surface area contributed by atoms with Crippen molar-refractivity contribution in [3.8, 4) is 11.8 Å². The second kappa shape index (κ2) is 16.7. The van der Waals surface area contributed by atoms with Crippen molar-refractivity contribution in [1.82, 2.24) is 0 Å². The van der Waals surface area contributed by atoms with E-state index in [0.29, 0.717) is 17.5 Å². The van der Waals surface area contributed by atoms with Gasteiger partial charge >= 0.3 is 23.9 Å². The third-order valence-electron chi connectivity index (χ3n) is 7.41. The maximum absolute atomic E-state index is 13.6. The number of carbonyl (C=O) groups is 4. The molecule has 48 heavy (non-hydrogen) atoms. The molecule has 1 fully saturated rings. The van der Waals surface area contributed by atoms with Crippen LogP contribution in [0.4, 0.5) is 0 Å². The highest BCUT2D eigenvalue weighted by atomic mass is 16.8. The highest BCUT2D eigenvalue weighted by Crippen LogP contribution is 2.31. The molecule has 4 aromatic carbocycles. The van der Waals surface area contributed by atoms with Gasteiger partial charge in [-0.25, -0.2) is 19.2 Å². The Balaban J connectivity index is 1.45. The molecule has 4 atom stereocenters. The molecule has 1 aliphatic rings. The third-order valence-corrected chi connectivity index (χ3v) is 7.41. The summed E-state index contributed by atoms with van der Waals surface area (Å²) < 4.78 is 29.2. The van der Waals surface area contributed by atoms with Crippen molar-refractivity contribution in [3.63, 3.8) is 0 Å². The van der Waals surface area contributed by atoms with Crippen LogP contribution < -0.4 is 0 Å². The smallest absolute Gasteiger partial charge is 0.341 e. The van der Waals surface area contributed by atoms with E-state index >= 15 is 0 Å². The number of carbonyl (C=O) groups excluding carboxylic acids is 4. The minimum absolute atomic E-state index is 0.176. The summed E-state index contributed by atoms with van der Waals surface area (Å²) in [6.45, 7) is 1.66. The van der Waals surface area contributed by atoms with Gasteiger partial charge in [-0.3, -0.25) is 0 Å². The van der Waals surface area contributed by atoms with Crippen molar-refractivity contribution in [2.45, 2.75) is 50.8 Å². The maximum atomic E-state index is 13.6. The molecule has 1 heterocycles. The van der Waals surface area contributed by atoms with Crippen LogP contribution in [0.2, 0.25) is 0 Å². The van der Waals surface area contributed by atoms with Crippen molar-refractivity contribution in [1.29, 1.82) is 0 Å². The van der Waals surface area contributed by atoms with Gasteiger partial charge in [-0.05, 0) is 55.0 Å². The molecule has 0 aromatic heterocycles. The van der Waals surface area contributed by atoms with Crippen molar-refractivity contribution in [3.05, 3.63) is 143 Å². The Hall–Kier alpha value is -5.72. The molecule has 1 saturated heterocycles. The maximum Gasteiger partial charge on any atom is 0.341 e. The first kappa shape index (κ1) is 33.6. The van der Waals surface area contributed by atoms with E-state index in [1.54, 1.807) is 115 Å². The van der Waals surface area contributed by atoms with Gasteiger partial charge < -0.3 is 23.7 Å². The Bertz CT molecular complexity index is 1760. The zero-order chi connectivity index (χ0) is 33.7. The summed E-state index contributed by atoms with van der Waals surface area (Å²) in [6.07, 6.45) is -2.92. The number of rotatable bonds is 11. The minimum Gasteiger partial charge on any atom is -0.459 e. The minimum atomic E-state index is -1.54. The number of ether oxygens (including phenoxy) is 5. The molecule has 1 aliphatic heterocycles. The summed E-state index contributed by atoms with van der Waals surface area (Å²) in [4.78, 5) is 53.1. The average molecular weight is 647 g/mol. The summed E-state index contributed by atoms with van der Waals surface area (Å²) in [5, 5.41) is 0. The number of esters is 4. The van der Waals surface area contributed by atoms with E-state index in [2.05, 4.69) is 18.8 Å². The van der Waals surface area contributed by atoms with Gasteiger partial charge in [0.2, 0.25) is 12.4 Å². The first-order valence-corrected chi connectivity index (χ1v) is 15.6. The Labute approximate surface area is 278 Å². The van der Waals surface area contributed by atoms with Gasteiger partial charge in [-0.2, -0.15) is 0 Å². The zero-order valence-electron chi connectivity index (χ0n) is 26.3. The van der Waals surface area contributed by atoms with Crippen LogP contribution in [-0.2, 0) is 23.7 Å². The molecule has 244 valence electrons. The van der Waals surface area contributed by atoms with Gasteiger partial charge in [0, 0.05) is 12.0 Å². The summed E-state index contributed by atoms with van der Waals surface area (Å²) in [6, 6.07) is 31.4. The standard InChI is InChI=1S/C39H34O9/c1-2-3-4-8-17-27-18-15-16-25-31(27)38(43)48-39-34(47-37(42)30-23-13-7-14-24-30)33(46-36(41)29-21-11-6-12-22-29)32(45-39)26-44-35(40)28-19-9-5-10-20-28/h5-7,9-16,18-25,32-34,39H,2-4,26H2,1H3/t32-,33-,34-,39?/m1/s1. The average Bonchev–Trinajstić information content (AvgIpc) is 3.44. The first-order chi connectivity index (χ1) is 23.4. The molecule has 0 spiro atoms. The van der Waals surface area contributed by atoms with Crippen molar-refractivity contribution in [2.75, 3.05) is 6.61 Å². The van der Waals surface area contributed by atoms with Crippen LogP contribution in [-0.4, -0.2) is 55.1 Å². The molecule has 0 aliphatic carbocycles. The van der Waals surface area contributed by atoms with Gasteiger partial charge in [0.15, 0.2) is 6.10 Å². The second-order valence-corrected chi connectivity index (χ2v) is 10.8. The molecular formula is C39H34O9. The van der Waals surface area contributed by atoms with Crippen LogP contribution in [0.5, 0.6) is 0 Å². The van der Waals surface area contributed by atoms with Crippen molar-refractivity contribution >= 4 is 23.9 Å². The quantitative estimate of drug-likeness (QED) is 0.0788. The van der Waals surface area contributed by atoms with Gasteiger partial charge in [-0.1, -0.05) is 91.9 Å². The number of unbranched alkanes of at least 4 members (excludes halogenated alkanes) is 2. The third kappa shape index (κ3) is 8.75. The van der Waals surface area contributed by atoms with Crippen LogP contribution in [0, 0.1) is 11.8 Å². The predicted molar refractivity (Wildman–Crippen MR) is 175 cm³/mol. The Morgan fingerprint density at radius 3 is 1.73 bits per heavy atom. The summed E-state index contributed by atoms with van der Waals surface area (Å²) in [5.74, 6) is 3.14. The zero-order valence-corrected chi connectivity index (χ0v) is 26.3. The molecule has 5 rings (SSSR count). The van der Waals surface area contributed by atoms with Crippen LogP contribution in [0.1, 0.15) is 73.2 Å². The fourth-order valence-corrected chi connectivity index (χ4v) is 4.90. The molecule has 0 amide bonds. The molecule has 0 bridgehead atoms. The lowest BCUT2D eigenvalue weighted by Crippen LogP contribution is -2.43. The van der Waals surface area contributed by atoms with Crippen LogP contribution in [0.25, 0.3) is 0 Å². The van der Waals surface area contributed by atoms with Gasteiger partial charge in [0.25, 0.3) is 0 Å². The predicted octanol–water partition coefficient (Wildman–Crippen LogP) is 6.42. The molecule has 0 radical (unpaired) electrons. The van der Waals surface area contributed by atoms with Gasteiger partial charge in [0.05, 0.1) is 22.3 Å². The van der Waals surface area contributed by atoms with E-state index < -0.39 is 55.1 Å². The molecule has 9 nitrogen and oxygen atoms in total. The molecule has 0 N–H and O–H groups in total. The lowest BCUT2D eigenvalue weighted by molar-refractivity contribution is -0.141. The molecule has 1 unspecified atom stereocenters. The first-order valence-electron chi connectivity index (χ1n) is 15.6. The lowest BCUT2D eigenvalue weighted by Gasteiger charge is -2.24. The van der Waals surface area contributed by atoms with Gasteiger partial charge in [0.1, 0.15) is 12.7 Å².